The summed E-state index contributed by atoms with van der Waals surface area (Å²) in [6.45, 7) is 0. The van der Waals surface area contributed by atoms with Gasteiger partial charge in [0.25, 0.3) is 0 Å². The molecule has 0 heterocycles. The van der Waals surface area contributed by atoms with Crippen molar-refractivity contribution in [2.24, 2.45) is 0 Å². The van der Waals surface area contributed by atoms with E-state index in [1.165, 1.54) is 0 Å². The molecule has 164 valence electrons. The lowest BCUT2D eigenvalue weighted by molar-refractivity contribution is 0.414. The molecule has 4 aromatic carbocycles. The molecular weight excluding hydrogens is 446 g/mol. The Labute approximate surface area is 188 Å². The maximum atomic E-state index is 11.5. The van der Waals surface area contributed by atoms with Gasteiger partial charge in [-0.15, -0.1) is 0 Å². The van der Waals surface area contributed by atoms with Gasteiger partial charge in [-0.05, 0) is 48.5 Å². The topological polar surface area (TPSA) is 71.1 Å². The number of rotatable bonds is 8. The predicted molar refractivity (Wildman–Crippen MR) is 126 cm³/mol. The van der Waals surface area contributed by atoms with Crippen LogP contribution in [0.15, 0.2) is 121 Å². The maximum Gasteiger partial charge on any atom is 0.418 e. The normalized spacial score (nSPS) is 10.1. The van der Waals surface area contributed by atoms with E-state index in [2.05, 4.69) is 0 Å². The van der Waals surface area contributed by atoms with Crippen LogP contribution in [0.1, 0.15) is 0 Å². The van der Waals surface area contributed by atoms with Crippen molar-refractivity contribution >= 4 is 16.5 Å². The van der Waals surface area contributed by atoms with Crippen LogP contribution in [0.3, 0.4) is 0 Å². The Morgan fingerprint density at radius 2 is 0.531 bits per heavy atom. The summed E-state index contributed by atoms with van der Waals surface area (Å²) < 4.78 is 43.6. The first-order chi connectivity index (χ1) is 15.7. The molecule has 0 unspecified atom stereocenters. The summed E-state index contributed by atoms with van der Waals surface area (Å²) in [4.78, 5) is 0. The molecule has 0 saturated heterocycles. The minimum Gasteiger partial charge on any atom is -0.418 e. The second-order valence-electron chi connectivity index (χ2n) is 6.16. The first-order valence-electron chi connectivity index (χ1n) is 9.68. The SMILES string of the molecule is O=[PH](Oc1ccccc1)Oc1ccccc1.O=[PH](Oc1ccccc1)Oc1ccccc1. The van der Waals surface area contributed by atoms with Crippen molar-refractivity contribution in [3.05, 3.63) is 121 Å². The molecule has 0 spiro atoms. The van der Waals surface area contributed by atoms with Crippen molar-refractivity contribution in [2.75, 3.05) is 0 Å². The summed E-state index contributed by atoms with van der Waals surface area (Å²) in [6, 6.07) is 35.8. The van der Waals surface area contributed by atoms with Crippen LogP contribution in [0.2, 0.25) is 0 Å². The van der Waals surface area contributed by atoms with Crippen LogP contribution in [0.4, 0.5) is 0 Å². The van der Waals surface area contributed by atoms with E-state index in [0.717, 1.165) is 0 Å². The molecule has 6 nitrogen and oxygen atoms in total. The largest absolute Gasteiger partial charge is 0.418 e. The van der Waals surface area contributed by atoms with Crippen LogP contribution in [0.5, 0.6) is 23.0 Å². The Balaban J connectivity index is 0.000000181. The van der Waals surface area contributed by atoms with Gasteiger partial charge in [0.1, 0.15) is 23.0 Å². The van der Waals surface area contributed by atoms with Crippen LogP contribution in [-0.2, 0) is 9.13 Å². The van der Waals surface area contributed by atoms with Gasteiger partial charge < -0.3 is 18.1 Å². The van der Waals surface area contributed by atoms with E-state index in [1.54, 1.807) is 48.5 Å². The fourth-order valence-electron chi connectivity index (χ4n) is 2.38. The Morgan fingerprint density at radius 3 is 0.719 bits per heavy atom. The second-order valence-corrected chi connectivity index (χ2v) is 7.98. The molecule has 8 heteroatoms. The van der Waals surface area contributed by atoms with Crippen LogP contribution in [-0.4, -0.2) is 0 Å². The number of hydrogen-bond acceptors (Lipinski definition) is 6. The highest BCUT2D eigenvalue weighted by atomic mass is 31.1. The zero-order valence-electron chi connectivity index (χ0n) is 17.0. The summed E-state index contributed by atoms with van der Waals surface area (Å²) in [7, 11) is -5.09. The van der Waals surface area contributed by atoms with Gasteiger partial charge in [0, 0.05) is 0 Å². The molecule has 32 heavy (non-hydrogen) atoms. The zero-order chi connectivity index (χ0) is 22.4. The fourth-order valence-corrected chi connectivity index (χ4v) is 3.78. The summed E-state index contributed by atoms with van der Waals surface area (Å²) in [5.41, 5.74) is 0. The standard InChI is InChI=1S/2C12H11O3P/c2*13-16(14-11-7-3-1-4-8-11)15-12-9-5-2-6-10-12/h2*1-10,16H. The molecule has 0 aliphatic rings. The van der Waals surface area contributed by atoms with E-state index in [1.807, 2.05) is 72.8 Å². The lowest BCUT2D eigenvalue weighted by Gasteiger charge is -2.07. The number of para-hydroxylation sites is 4. The van der Waals surface area contributed by atoms with Crippen LogP contribution in [0, 0.1) is 0 Å². The third-order valence-electron chi connectivity index (χ3n) is 3.78. The Hall–Kier alpha value is -3.46. The Bertz CT molecular complexity index is 916. The Kier molecular flexibility index (Phi) is 9.47. The van der Waals surface area contributed by atoms with Gasteiger partial charge in [-0.1, -0.05) is 72.8 Å². The van der Waals surface area contributed by atoms with E-state index in [4.69, 9.17) is 18.1 Å². The number of benzene rings is 4. The molecule has 0 atom stereocenters. The van der Waals surface area contributed by atoms with Gasteiger partial charge in [-0.3, -0.25) is 0 Å². The minimum atomic E-state index is -2.54. The molecule has 4 aromatic rings. The zero-order valence-corrected chi connectivity index (χ0v) is 19.0. The predicted octanol–water partition coefficient (Wildman–Crippen LogP) is 7.07. The van der Waals surface area contributed by atoms with Crippen molar-refractivity contribution in [3.8, 4) is 23.0 Å². The summed E-state index contributed by atoms with van der Waals surface area (Å²) in [5, 5.41) is 0. The highest BCUT2D eigenvalue weighted by Crippen LogP contribution is 2.30. The maximum absolute atomic E-state index is 11.5. The first kappa shape index (κ1) is 23.2. The van der Waals surface area contributed by atoms with Gasteiger partial charge in [0.15, 0.2) is 0 Å². The van der Waals surface area contributed by atoms with E-state index < -0.39 is 16.5 Å². The fraction of sp³-hybridized carbons (Fsp3) is 0. The third kappa shape index (κ3) is 8.73. The third-order valence-corrected chi connectivity index (χ3v) is 5.39. The molecular formula is C24H22O6P2. The average molecular weight is 468 g/mol. The molecule has 0 bridgehead atoms. The van der Waals surface area contributed by atoms with Gasteiger partial charge in [0.05, 0.1) is 0 Å². The molecule has 0 aliphatic carbocycles. The Morgan fingerprint density at radius 1 is 0.344 bits per heavy atom. The average Bonchev–Trinajstić information content (AvgIpc) is 2.82. The van der Waals surface area contributed by atoms with Gasteiger partial charge in [-0.2, -0.15) is 0 Å². The highest BCUT2D eigenvalue weighted by molar-refractivity contribution is 7.34. The van der Waals surface area contributed by atoms with Crippen molar-refractivity contribution in [1.82, 2.24) is 0 Å². The van der Waals surface area contributed by atoms with E-state index >= 15 is 0 Å². The van der Waals surface area contributed by atoms with Crippen LogP contribution >= 0.6 is 16.5 Å². The monoisotopic (exact) mass is 468 g/mol. The van der Waals surface area contributed by atoms with Gasteiger partial charge in [-0.25, -0.2) is 9.13 Å². The molecule has 4 rings (SSSR count). The van der Waals surface area contributed by atoms with Gasteiger partial charge >= 0.3 is 16.5 Å². The summed E-state index contributed by atoms with van der Waals surface area (Å²) in [5.74, 6) is 2.18. The van der Waals surface area contributed by atoms with Crippen LogP contribution < -0.4 is 18.1 Å². The lowest BCUT2D eigenvalue weighted by atomic mass is 10.3. The number of hydrogen-bond donors (Lipinski definition) is 0. The van der Waals surface area contributed by atoms with Crippen LogP contribution in [0.25, 0.3) is 0 Å². The van der Waals surface area contributed by atoms with E-state index in [9.17, 15) is 9.13 Å². The van der Waals surface area contributed by atoms with E-state index in [-0.39, 0.29) is 0 Å². The smallest absolute Gasteiger partial charge is 0.418 e. The minimum absolute atomic E-state index is 0.544. The molecule has 0 saturated carbocycles. The highest BCUT2D eigenvalue weighted by Gasteiger charge is 2.03. The molecule has 0 amide bonds. The first-order valence-corrected chi connectivity index (χ1v) is 12.1. The van der Waals surface area contributed by atoms with E-state index in [0.29, 0.717) is 23.0 Å². The van der Waals surface area contributed by atoms with Crippen molar-refractivity contribution in [2.45, 2.75) is 0 Å². The van der Waals surface area contributed by atoms with Gasteiger partial charge in [0.2, 0.25) is 0 Å². The van der Waals surface area contributed by atoms with Crippen molar-refractivity contribution < 1.29 is 27.2 Å². The molecule has 0 fully saturated rings. The molecule has 0 aliphatic heterocycles. The summed E-state index contributed by atoms with van der Waals surface area (Å²) >= 11 is 0. The molecule has 0 radical (unpaired) electrons. The molecule has 0 aromatic heterocycles. The molecule has 0 N–H and O–H groups in total. The quantitative estimate of drug-likeness (QED) is 0.258. The van der Waals surface area contributed by atoms with Crippen molar-refractivity contribution in [1.29, 1.82) is 0 Å². The van der Waals surface area contributed by atoms with Crippen molar-refractivity contribution in [3.63, 3.8) is 0 Å². The summed E-state index contributed by atoms with van der Waals surface area (Å²) in [6.07, 6.45) is 0. The lowest BCUT2D eigenvalue weighted by Crippen LogP contribution is -1.87. The second kappa shape index (κ2) is 13.1.